The van der Waals surface area contributed by atoms with Crippen molar-refractivity contribution in [2.45, 2.75) is 6.10 Å². The van der Waals surface area contributed by atoms with E-state index in [1.54, 1.807) is 12.1 Å². The largest absolute Gasteiger partial charge is 0.508 e. The van der Waals surface area contributed by atoms with Gasteiger partial charge in [0.25, 0.3) is 0 Å². The normalized spacial score (nSPS) is 17.4. The molecule has 0 aromatic heterocycles. The first kappa shape index (κ1) is 14.9. The van der Waals surface area contributed by atoms with Crippen LogP contribution in [-0.2, 0) is 0 Å². The summed E-state index contributed by atoms with van der Waals surface area (Å²) in [4.78, 5) is 3.77. The van der Waals surface area contributed by atoms with Crippen molar-refractivity contribution in [2.75, 3.05) is 37.6 Å². The fourth-order valence-corrected chi connectivity index (χ4v) is 3.02. The van der Waals surface area contributed by atoms with E-state index in [0.29, 0.717) is 5.75 Å². The number of hydrogen-bond donors (Lipinski definition) is 3. The number of anilines is 1. The van der Waals surface area contributed by atoms with Crippen LogP contribution in [0.15, 0.2) is 54.6 Å². The molecule has 1 aliphatic rings. The molecule has 0 aliphatic carbocycles. The van der Waals surface area contributed by atoms with E-state index in [9.17, 15) is 10.2 Å². The van der Waals surface area contributed by atoms with Crippen molar-refractivity contribution < 1.29 is 15.1 Å². The minimum absolute atomic E-state index is 0.305. The van der Waals surface area contributed by atoms with Crippen LogP contribution in [-0.4, -0.2) is 42.9 Å². The molecule has 3 N–H and O–H groups in total. The molecule has 1 aliphatic heterocycles. The van der Waals surface area contributed by atoms with E-state index >= 15 is 0 Å². The predicted octanol–water partition coefficient (Wildman–Crippen LogP) is 0.831. The SMILES string of the molecule is Oc1ccc(N2CC[NH+](C[C@H](O)c3ccccc3)CC2)cc1. The van der Waals surface area contributed by atoms with Gasteiger partial charge in [-0.05, 0) is 29.8 Å². The van der Waals surface area contributed by atoms with Gasteiger partial charge in [-0.3, -0.25) is 0 Å². The monoisotopic (exact) mass is 299 g/mol. The van der Waals surface area contributed by atoms with Crippen LogP contribution in [0.4, 0.5) is 5.69 Å². The average Bonchev–Trinajstić information content (AvgIpc) is 2.57. The smallest absolute Gasteiger partial charge is 0.128 e. The van der Waals surface area contributed by atoms with Crippen LogP contribution in [0, 0.1) is 0 Å². The third-order valence-electron chi connectivity index (χ3n) is 4.35. The van der Waals surface area contributed by atoms with E-state index in [0.717, 1.165) is 44.0 Å². The van der Waals surface area contributed by atoms with Gasteiger partial charge in [0.1, 0.15) is 18.4 Å². The lowest BCUT2D eigenvalue weighted by atomic mass is 10.1. The van der Waals surface area contributed by atoms with Gasteiger partial charge in [-0.2, -0.15) is 0 Å². The van der Waals surface area contributed by atoms with E-state index in [1.807, 2.05) is 42.5 Å². The molecule has 0 amide bonds. The van der Waals surface area contributed by atoms with E-state index in [-0.39, 0.29) is 0 Å². The van der Waals surface area contributed by atoms with Crippen molar-refractivity contribution in [3.8, 4) is 5.75 Å². The first-order chi connectivity index (χ1) is 10.7. The topological polar surface area (TPSA) is 48.1 Å². The zero-order valence-electron chi connectivity index (χ0n) is 12.7. The highest BCUT2D eigenvalue weighted by molar-refractivity contribution is 5.48. The highest BCUT2D eigenvalue weighted by Gasteiger charge is 2.23. The standard InChI is InChI=1S/C18H22N2O2/c21-17-8-6-16(7-9-17)20-12-10-19(11-13-20)14-18(22)15-4-2-1-3-5-15/h1-9,18,21-22H,10-14H2/p+1/t18-/m0/s1. The molecule has 0 saturated carbocycles. The Kier molecular flexibility index (Phi) is 4.61. The summed E-state index contributed by atoms with van der Waals surface area (Å²) in [5, 5.41) is 19.7. The summed E-state index contributed by atoms with van der Waals surface area (Å²) in [6.45, 7) is 4.74. The molecule has 1 saturated heterocycles. The molecular weight excluding hydrogens is 276 g/mol. The molecule has 2 aromatic rings. The fourth-order valence-electron chi connectivity index (χ4n) is 3.02. The molecule has 0 spiro atoms. The van der Waals surface area contributed by atoms with E-state index < -0.39 is 6.10 Å². The maximum absolute atomic E-state index is 10.3. The maximum Gasteiger partial charge on any atom is 0.128 e. The van der Waals surface area contributed by atoms with Crippen LogP contribution in [0.25, 0.3) is 0 Å². The van der Waals surface area contributed by atoms with E-state index in [4.69, 9.17) is 0 Å². The molecular formula is C18H23N2O2+. The minimum atomic E-state index is -0.392. The Hall–Kier alpha value is -2.04. The molecule has 1 atom stereocenters. The van der Waals surface area contributed by atoms with Crippen molar-refractivity contribution in [3.63, 3.8) is 0 Å². The molecule has 3 rings (SSSR count). The van der Waals surface area contributed by atoms with Gasteiger partial charge in [0.15, 0.2) is 0 Å². The van der Waals surface area contributed by atoms with Crippen molar-refractivity contribution >= 4 is 5.69 Å². The first-order valence-corrected chi connectivity index (χ1v) is 7.83. The van der Waals surface area contributed by atoms with Crippen LogP contribution < -0.4 is 9.80 Å². The summed E-state index contributed by atoms with van der Waals surface area (Å²) >= 11 is 0. The molecule has 4 nitrogen and oxygen atoms in total. The van der Waals surface area contributed by atoms with Crippen LogP contribution in [0.2, 0.25) is 0 Å². The lowest BCUT2D eigenvalue weighted by Gasteiger charge is -2.34. The summed E-state index contributed by atoms with van der Waals surface area (Å²) in [6.07, 6.45) is -0.392. The first-order valence-electron chi connectivity index (χ1n) is 7.83. The van der Waals surface area contributed by atoms with Crippen LogP contribution in [0.5, 0.6) is 5.75 Å². The number of piperazine rings is 1. The quantitative estimate of drug-likeness (QED) is 0.784. The molecule has 0 radical (unpaired) electrons. The number of aromatic hydroxyl groups is 1. The number of nitrogens with one attached hydrogen (secondary N) is 1. The number of quaternary nitrogens is 1. The average molecular weight is 299 g/mol. The number of phenolic OH excluding ortho intramolecular Hbond substituents is 1. The van der Waals surface area contributed by atoms with Crippen molar-refractivity contribution in [3.05, 3.63) is 60.2 Å². The van der Waals surface area contributed by atoms with Gasteiger partial charge < -0.3 is 20.0 Å². The maximum atomic E-state index is 10.3. The van der Waals surface area contributed by atoms with Crippen LogP contribution in [0.3, 0.4) is 0 Å². The number of benzene rings is 2. The highest BCUT2D eigenvalue weighted by atomic mass is 16.3. The number of aliphatic hydroxyl groups is 1. The van der Waals surface area contributed by atoms with Gasteiger partial charge in [0.05, 0.1) is 26.2 Å². The Bertz CT molecular complexity index is 578. The number of aliphatic hydroxyl groups excluding tert-OH is 1. The van der Waals surface area contributed by atoms with Crippen molar-refractivity contribution in [2.24, 2.45) is 0 Å². The summed E-state index contributed by atoms with van der Waals surface area (Å²) in [5.41, 5.74) is 2.15. The summed E-state index contributed by atoms with van der Waals surface area (Å²) < 4.78 is 0. The highest BCUT2D eigenvalue weighted by Crippen LogP contribution is 2.18. The molecule has 0 unspecified atom stereocenters. The van der Waals surface area contributed by atoms with Crippen LogP contribution >= 0.6 is 0 Å². The summed E-state index contributed by atoms with van der Waals surface area (Å²) in [6, 6.07) is 17.3. The van der Waals surface area contributed by atoms with Crippen LogP contribution in [0.1, 0.15) is 11.7 Å². The fraction of sp³-hybridized carbons (Fsp3) is 0.333. The van der Waals surface area contributed by atoms with Crippen molar-refractivity contribution in [1.29, 1.82) is 0 Å². The van der Waals surface area contributed by atoms with Gasteiger partial charge in [0.2, 0.25) is 0 Å². The molecule has 22 heavy (non-hydrogen) atoms. The van der Waals surface area contributed by atoms with E-state index in [1.165, 1.54) is 4.90 Å². The third kappa shape index (κ3) is 3.59. The Morgan fingerprint density at radius 1 is 0.955 bits per heavy atom. The van der Waals surface area contributed by atoms with Gasteiger partial charge in [-0.15, -0.1) is 0 Å². The van der Waals surface area contributed by atoms with Gasteiger partial charge in [0, 0.05) is 5.69 Å². The number of phenols is 1. The Balaban J connectivity index is 1.52. The predicted molar refractivity (Wildman–Crippen MR) is 87.3 cm³/mol. The second kappa shape index (κ2) is 6.81. The third-order valence-corrected chi connectivity index (χ3v) is 4.35. The lowest BCUT2D eigenvalue weighted by molar-refractivity contribution is -0.904. The Labute approximate surface area is 131 Å². The molecule has 0 bridgehead atoms. The molecule has 116 valence electrons. The number of hydrogen-bond acceptors (Lipinski definition) is 3. The molecule has 1 heterocycles. The summed E-state index contributed by atoms with van der Waals surface area (Å²) in [5.74, 6) is 0.305. The summed E-state index contributed by atoms with van der Waals surface area (Å²) in [7, 11) is 0. The van der Waals surface area contributed by atoms with Gasteiger partial charge >= 0.3 is 0 Å². The van der Waals surface area contributed by atoms with Crippen molar-refractivity contribution in [1.82, 2.24) is 0 Å². The lowest BCUT2D eigenvalue weighted by Crippen LogP contribution is -3.15. The second-order valence-electron chi connectivity index (χ2n) is 5.88. The van der Waals surface area contributed by atoms with Gasteiger partial charge in [-0.25, -0.2) is 0 Å². The molecule has 4 heteroatoms. The number of nitrogens with zero attached hydrogens (tertiary/aromatic N) is 1. The molecule has 1 fully saturated rings. The zero-order chi connectivity index (χ0) is 15.4. The second-order valence-corrected chi connectivity index (χ2v) is 5.88. The minimum Gasteiger partial charge on any atom is -0.508 e. The zero-order valence-corrected chi connectivity index (χ0v) is 12.7. The Morgan fingerprint density at radius 3 is 2.23 bits per heavy atom. The number of rotatable bonds is 4. The van der Waals surface area contributed by atoms with Gasteiger partial charge in [-0.1, -0.05) is 30.3 Å². The Morgan fingerprint density at radius 2 is 1.59 bits per heavy atom. The van der Waals surface area contributed by atoms with E-state index in [2.05, 4.69) is 4.90 Å². The molecule has 2 aromatic carbocycles.